The number of fused-ring (bicyclic) bond motifs is 18. The molecule has 6 N–H and O–H groups in total. The number of nitrogens with one attached hydrogen (secondary N) is 6. The first-order chi connectivity index (χ1) is 61.3. The summed E-state index contributed by atoms with van der Waals surface area (Å²) in [5.74, 6) is 0.0205. The topological polar surface area (TPSA) is 182 Å². The first kappa shape index (κ1) is 77.5. The van der Waals surface area contributed by atoms with E-state index in [4.69, 9.17) is 24.7 Å². The number of hydrogen-bond donors (Lipinski definition) is 6. The van der Waals surface area contributed by atoms with E-state index < -0.39 is 5.41 Å². The van der Waals surface area contributed by atoms with Crippen LogP contribution in [-0.4, -0.2) is 51.7 Å². The minimum atomic E-state index is -0.783. The zero-order chi connectivity index (χ0) is 85.7. The lowest BCUT2D eigenvalue weighted by atomic mass is 9.70. The highest BCUT2D eigenvalue weighted by atomic mass is 16.5. The summed E-state index contributed by atoms with van der Waals surface area (Å²) in [5, 5.41) is 6.65. The van der Waals surface area contributed by atoms with Gasteiger partial charge in [-0.05, 0) is 200 Å². The van der Waals surface area contributed by atoms with E-state index in [-0.39, 0.29) is 22.6 Å². The second-order valence-corrected chi connectivity index (χ2v) is 35.3. The number of H-pyrrole nitrogens is 4. The molecule has 0 saturated heterocycles. The number of amides is 2. The van der Waals surface area contributed by atoms with Crippen LogP contribution in [0.3, 0.4) is 0 Å². The van der Waals surface area contributed by atoms with Gasteiger partial charge in [0, 0.05) is 117 Å². The molecule has 0 unspecified atom stereocenters. The Labute approximate surface area is 730 Å². The lowest BCUT2D eigenvalue weighted by molar-refractivity contribution is 0.101. The number of benzene rings is 10. The molecule has 6 aromatic heterocycles. The number of carbonyl (C=O) groups excluding carboxylic acids is 2. The van der Waals surface area contributed by atoms with Crippen LogP contribution in [0.5, 0.6) is 11.5 Å². The highest BCUT2D eigenvalue weighted by molar-refractivity contribution is 6.11. The molecule has 21 rings (SSSR count). The summed E-state index contributed by atoms with van der Waals surface area (Å²) in [5.41, 5.74) is 32.6. The van der Waals surface area contributed by atoms with Crippen LogP contribution in [0.2, 0.25) is 0 Å². The summed E-state index contributed by atoms with van der Waals surface area (Å²) < 4.78 is 7.30. The number of hydrogen-bond acceptors (Lipinski definition) is 7. The van der Waals surface area contributed by atoms with Gasteiger partial charge in [0.15, 0.2) is 0 Å². The van der Waals surface area contributed by atoms with Gasteiger partial charge in [-0.1, -0.05) is 274 Å². The predicted molar refractivity (Wildman–Crippen MR) is 520 cm³/mol. The van der Waals surface area contributed by atoms with Crippen molar-refractivity contribution in [2.24, 2.45) is 0 Å². The Kier molecular flexibility index (Phi) is 19.0. The van der Waals surface area contributed by atoms with Gasteiger partial charge >= 0.3 is 0 Å². The van der Waals surface area contributed by atoms with Gasteiger partial charge in [-0.2, -0.15) is 0 Å². The molecule has 2 amide bonds. The third-order valence-electron chi connectivity index (χ3n) is 24.7. The molecular weight excluding hydrogens is 1550 g/mol. The van der Waals surface area contributed by atoms with Crippen molar-refractivity contribution in [3.63, 3.8) is 0 Å². The molecule has 0 radical (unpaired) electrons. The van der Waals surface area contributed by atoms with Crippen molar-refractivity contribution in [1.82, 2.24) is 39.9 Å². The average Bonchev–Trinajstić information content (AvgIpc) is 1.05. The van der Waals surface area contributed by atoms with E-state index in [1.165, 1.54) is 0 Å². The van der Waals surface area contributed by atoms with Crippen LogP contribution < -0.4 is 15.4 Å². The molecule has 13 nitrogen and oxygen atoms in total. The Morgan fingerprint density at radius 3 is 0.667 bits per heavy atom. The Morgan fingerprint density at radius 1 is 0.270 bits per heavy atom. The zero-order valence-electron chi connectivity index (χ0n) is 71.0. The van der Waals surface area contributed by atoms with Gasteiger partial charge < -0.3 is 35.3 Å². The summed E-state index contributed by atoms with van der Waals surface area (Å²) in [6.45, 7) is 17.3. The number of ether oxygens (including phenoxy) is 1. The van der Waals surface area contributed by atoms with Gasteiger partial charge in [-0.25, -0.2) is 19.9 Å². The van der Waals surface area contributed by atoms with Crippen LogP contribution in [-0.2, 0) is 16.2 Å². The van der Waals surface area contributed by atoms with E-state index in [9.17, 15) is 0 Å². The van der Waals surface area contributed by atoms with Crippen LogP contribution >= 0.6 is 0 Å². The lowest BCUT2D eigenvalue weighted by Crippen LogP contribution is -2.30. The van der Waals surface area contributed by atoms with Crippen molar-refractivity contribution in [2.45, 2.75) is 71.6 Å². The number of anilines is 2. The molecule has 11 heterocycles. The van der Waals surface area contributed by atoms with Crippen molar-refractivity contribution in [3.05, 3.63) is 382 Å². The second-order valence-electron chi connectivity index (χ2n) is 35.3. The smallest absolute Gasteiger partial charge is 0.259 e. The fourth-order valence-corrected chi connectivity index (χ4v) is 18.2. The van der Waals surface area contributed by atoms with Crippen molar-refractivity contribution < 1.29 is 14.3 Å². The minimum absolute atomic E-state index is 0.337. The Balaban J connectivity index is 0.647. The highest BCUT2D eigenvalue weighted by Gasteiger charge is 2.42. The van der Waals surface area contributed by atoms with E-state index in [2.05, 4.69) is 341 Å². The first-order valence-electron chi connectivity index (χ1n) is 42.8. The zero-order valence-corrected chi connectivity index (χ0v) is 71.0. The fourth-order valence-electron chi connectivity index (χ4n) is 18.2. The highest BCUT2D eigenvalue weighted by Crippen LogP contribution is 2.54. The Hall–Kier alpha value is -15.9. The molecule has 0 spiro atoms. The van der Waals surface area contributed by atoms with Crippen molar-refractivity contribution in [3.8, 4) is 101 Å². The predicted octanol–water partition coefficient (Wildman–Crippen LogP) is 28.5. The Bertz CT molecular complexity index is 7100. The minimum Gasteiger partial charge on any atom is -0.455 e. The van der Waals surface area contributed by atoms with Gasteiger partial charge in [0.25, 0.3) is 11.8 Å². The van der Waals surface area contributed by atoms with Crippen LogP contribution in [0, 0.1) is 0 Å². The number of carbonyl (C=O) groups is 2. The molecule has 10 aromatic carbocycles. The summed E-state index contributed by atoms with van der Waals surface area (Å²) in [4.78, 5) is 69.1. The maximum absolute atomic E-state index is 15.8. The molecule has 5 aliphatic rings. The molecule has 5 aliphatic heterocycles. The van der Waals surface area contributed by atoms with Crippen molar-refractivity contribution in [1.29, 1.82) is 0 Å². The average molecular weight is 1630 g/mol. The van der Waals surface area contributed by atoms with Gasteiger partial charge in [0.1, 0.15) is 11.5 Å². The van der Waals surface area contributed by atoms with Crippen LogP contribution in [0.1, 0.15) is 144 Å². The van der Waals surface area contributed by atoms with Crippen LogP contribution in [0.4, 0.5) is 11.4 Å². The molecule has 16 bridgehead atoms. The maximum Gasteiger partial charge on any atom is 0.259 e. The molecule has 126 heavy (non-hydrogen) atoms. The fraction of sp³-hybridized carbons (Fsp3) is 0.0973. The van der Waals surface area contributed by atoms with E-state index >= 15 is 9.59 Å². The first-order valence-corrected chi connectivity index (χ1v) is 42.8. The number of aromatic nitrogens is 8. The van der Waals surface area contributed by atoms with E-state index in [1.54, 1.807) is 0 Å². The molecule has 13 heteroatoms. The third-order valence-corrected chi connectivity index (χ3v) is 24.7. The monoisotopic (exact) mass is 1630 g/mol. The molecule has 16 aromatic rings. The molecule has 0 atom stereocenters. The van der Waals surface area contributed by atoms with E-state index in [0.717, 1.165) is 201 Å². The quantitative estimate of drug-likeness (QED) is 0.0704. The van der Waals surface area contributed by atoms with Gasteiger partial charge in [0.2, 0.25) is 0 Å². The summed E-state index contributed by atoms with van der Waals surface area (Å²) in [6.07, 6.45) is 16.8. The normalized spacial score (nSPS) is 13.0. The van der Waals surface area contributed by atoms with Gasteiger partial charge in [-0.15, -0.1) is 0 Å². The summed E-state index contributed by atoms with van der Waals surface area (Å²) in [7, 11) is 0. The van der Waals surface area contributed by atoms with E-state index in [1.807, 2.05) is 97.1 Å². The Morgan fingerprint density at radius 2 is 0.468 bits per heavy atom. The summed E-state index contributed by atoms with van der Waals surface area (Å²) >= 11 is 0. The number of nitrogens with zero attached hydrogens (tertiary/aromatic N) is 4. The standard InChI is InChI=1S/C113H88N10O3/c1-111(2,3)75-63-79(109(124)114-77-43-39-73(40-44-77)105-95-59-55-91(120-95)101(69-31-19-11-20-32-69)87-51-47-83(116-87)99(67-27-15-9-16-28-67)84-48-52-88(117-84)102(70-33-21-12-22-34-70)92-56-60-96(105)121-92)107-81(65-75)113(7,8)82-66-76(112(4,5)6)64-80(108(82)126-107)110(125)115-78-45-41-74(42-46-78)106-97-61-57-93(122-97)103(71-35-23-13-24-36-71)89-53-49-85(118-89)100(68-29-17-10-18-30-68)86-50-54-90(119-86)104(72-37-25-14-26-38-72)94-58-62-98(106)123-94/h9-66,116,118,121,123H,1-8H3,(H,114,124)(H,115,125). The molecule has 0 fully saturated rings. The maximum atomic E-state index is 15.8. The van der Waals surface area contributed by atoms with Gasteiger partial charge in [0.05, 0.1) is 56.7 Å². The lowest BCUT2D eigenvalue weighted by Gasteiger charge is -2.38. The number of aromatic amines is 4. The van der Waals surface area contributed by atoms with Crippen LogP contribution in [0.15, 0.2) is 303 Å². The van der Waals surface area contributed by atoms with E-state index in [0.29, 0.717) is 34.0 Å². The molecular formula is C113H88N10O3. The third kappa shape index (κ3) is 14.2. The molecule has 0 aliphatic carbocycles. The molecule has 608 valence electrons. The number of rotatable bonds is 12. The SMILES string of the molecule is CC(C)(C)c1cc(C(=O)Nc2ccc(-c3c4nc(c(-c5ccccc5)c5ccc([nH]5)c(-c5ccccc5)c5nc(c(-c6ccccc6)c6ccc3[nH]6)C=C5)C=C4)cc2)c2c(c1)C(C)(C)c1cc(C(C)(C)C)cc(C(=O)Nc3ccc(-c4c5nc(c(-c6ccccc6)c6ccc([nH]6)c(-c6ccccc6)c6nc(c(-c7ccccc7)c7ccc4[nH]7)C=C6)C=C5)cc3)c1O2. The summed E-state index contributed by atoms with van der Waals surface area (Å²) in [6, 6.07) is 104. The second kappa shape index (κ2) is 30.9. The molecule has 0 saturated carbocycles. The van der Waals surface area contributed by atoms with Crippen molar-refractivity contribution >= 4 is 116 Å². The largest absolute Gasteiger partial charge is 0.455 e. The van der Waals surface area contributed by atoms with Crippen molar-refractivity contribution in [2.75, 3.05) is 10.6 Å². The van der Waals surface area contributed by atoms with Gasteiger partial charge in [-0.3, -0.25) is 9.59 Å². The van der Waals surface area contributed by atoms with Crippen LogP contribution in [0.25, 0.3) is 182 Å².